The van der Waals surface area contributed by atoms with E-state index in [0.29, 0.717) is 18.0 Å². The molecule has 0 atom stereocenters. The van der Waals surface area contributed by atoms with Crippen molar-refractivity contribution in [1.82, 2.24) is 20.4 Å². The van der Waals surface area contributed by atoms with Crippen molar-refractivity contribution in [2.75, 3.05) is 0 Å². The number of benzene rings is 2. The quantitative estimate of drug-likeness (QED) is 0.543. The largest absolute Gasteiger partial charge is 0.331 e. The Morgan fingerprint density at radius 2 is 1.85 bits per heavy atom. The summed E-state index contributed by atoms with van der Waals surface area (Å²) in [7, 11) is 1.78. The fourth-order valence-corrected chi connectivity index (χ4v) is 2.67. The summed E-state index contributed by atoms with van der Waals surface area (Å²) in [6.45, 7) is 0. The van der Waals surface area contributed by atoms with E-state index in [2.05, 4.69) is 15.8 Å². The molecular formula is C17H13ClF2N4O2. The van der Waals surface area contributed by atoms with Crippen LogP contribution < -0.4 is 10.9 Å². The van der Waals surface area contributed by atoms with Gasteiger partial charge in [0.25, 0.3) is 5.91 Å². The molecule has 134 valence electrons. The normalized spacial score (nSPS) is 10.8. The van der Waals surface area contributed by atoms with Crippen LogP contribution in [0.25, 0.3) is 11.0 Å². The van der Waals surface area contributed by atoms with Crippen LogP contribution in [0.1, 0.15) is 16.2 Å². The van der Waals surface area contributed by atoms with Crippen molar-refractivity contribution in [2.45, 2.75) is 6.42 Å². The number of hydrogen-bond donors (Lipinski definition) is 2. The van der Waals surface area contributed by atoms with Crippen molar-refractivity contribution in [3.63, 3.8) is 0 Å². The van der Waals surface area contributed by atoms with Crippen molar-refractivity contribution >= 4 is 34.4 Å². The van der Waals surface area contributed by atoms with Crippen LogP contribution >= 0.6 is 11.6 Å². The number of rotatable bonds is 3. The van der Waals surface area contributed by atoms with E-state index in [1.54, 1.807) is 11.6 Å². The highest BCUT2D eigenvalue weighted by Crippen LogP contribution is 2.19. The number of fused-ring (bicyclic) bond motifs is 1. The number of aryl methyl sites for hydroxylation is 1. The Morgan fingerprint density at radius 3 is 2.58 bits per heavy atom. The van der Waals surface area contributed by atoms with E-state index in [9.17, 15) is 18.4 Å². The molecule has 2 aromatic carbocycles. The van der Waals surface area contributed by atoms with Gasteiger partial charge < -0.3 is 4.57 Å². The molecule has 0 bridgehead atoms. The van der Waals surface area contributed by atoms with Gasteiger partial charge in [0.05, 0.1) is 28.0 Å². The van der Waals surface area contributed by atoms with E-state index >= 15 is 0 Å². The molecule has 0 fully saturated rings. The van der Waals surface area contributed by atoms with Crippen molar-refractivity contribution in [3.05, 3.63) is 64.4 Å². The zero-order valence-electron chi connectivity index (χ0n) is 13.5. The second kappa shape index (κ2) is 7.09. The number of carbonyl (C=O) groups excluding carboxylic acids is 2. The van der Waals surface area contributed by atoms with E-state index in [4.69, 9.17) is 11.6 Å². The summed E-state index contributed by atoms with van der Waals surface area (Å²) in [6.07, 6.45) is -0.0863. The Labute approximate surface area is 151 Å². The summed E-state index contributed by atoms with van der Waals surface area (Å²) in [6, 6.07) is 8.74. The molecule has 0 unspecified atom stereocenters. The second-order valence-corrected chi connectivity index (χ2v) is 5.91. The summed E-state index contributed by atoms with van der Waals surface area (Å²) in [5.41, 5.74) is 5.62. The SMILES string of the molecule is Cn1c(CC(=O)NNC(=O)c2cc(F)c(F)cc2Cl)nc2ccccc21. The lowest BCUT2D eigenvalue weighted by molar-refractivity contribution is -0.121. The molecule has 0 spiro atoms. The van der Waals surface area contributed by atoms with Gasteiger partial charge in [0, 0.05) is 7.05 Å². The molecule has 0 saturated carbocycles. The van der Waals surface area contributed by atoms with Crippen molar-refractivity contribution in [2.24, 2.45) is 7.05 Å². The maximum atomic E-state index is 13.2. The number of hydrazine groups is 1. The molecular weight excluding hydrogens is 366 g/mol. The Morgan fingerprint density at radius 1 is 1.15 bits per heavy atom. The third-order valence-electron chi connectivity index (χ3n) is 3.77. The van der Waals surface area contributed by atoms with Crippen LogP contribution in [0.2, 0.25) is 5.02 Å². The lowest BCUT2D eigenvalue weighted by atomic mass is 10.2. The van der Waals surface area contributed by atoms with Crippen LogP contribution in [0.4, 0.5) is 8.78 Å². The molecule has 0 aliphatic heterocycles. The molecule has 2 N–H and O–H groups in total. The average Bonchev–Trinajstić information content (AvgIpc) is 2.92. The number of nitrogens with zero attached hydrogens (tertiary/aromatic N) is 2. The fraction of sp³-hybridized carbons (Fsp3) is 0.118. The van der Waals surface area contributed by atoms with Gasteiger partial charge in [-0.25, -0.2) is 13.8 Å². The van der Waals surface area contributed by atoms with Gasteiger partial charge in [0.15, 0.2) is 11.6 Å². The summed E-state index contributed by atoms with van der Waals surface area (Å²) in [4.78, 5) is 28.4. The molecule has 3 aromatic rings. The summed E-state index contributed by atoms with van der Waals surface area (Å²) in [5, 5.41) is -0.272. The number of imidazole rings is 1. The maximum absolute atomic E-state index is 13.2. The lowest BCUT2D eigenvalue weighted by Gasteiger charge is -2.09. The predicted molar refractivity (Wildman–Crippen MR) is 91.4 cm³/mol. The second-order valence-electron chi connectivity index (χ2n) is 5.50. The van der Waals surface area contributed by atoms with Crippen molar-refractivity contribution in [1.29, 1.82) is 0 Å². The van der Waals surface area contributed by atoms with E-state index in [-0.39, 0.29) is 17.0 Å². The molecule has 2 amide bonds. The minimum Gasteiger partial charge on any atom is -0.331 e. The van der Waals surface area contributed by atoms with Crippen molar-refractivity contribution < 1.29 is 18.4 Å². The molecule has 0 aliphatic carbocycles. The number of aromatic nitrogens is 2. The molecule has 9 heteroatoms. The third-order valence-corrected chi connectivity index (χ3v) is 4.08. The van der Waals surface area contributed by atoms with Gasteiger partial charge >= 0.3 is 0 Å². The van der Waals surface area contributed by atoms with Crippen LogP contribution in [-0.2, 0) is 18.3 Å². The zero-order valence-corrected chi connectivity index (χ0v) is 14.3. The topological polar surface area (TPSA) is 76.0 Å². The van der Waals surface area contributed by atoms with Crippen LogP contribution in [0.5, 0.6) is 0 Å². The fourth-order valence-electron chi connectivity index (χ4n) is 2.43. The van der Waals surface area contributed by atoms with E-state index in [1.807, 2.05) is 24.3 Å². The molecule has 0 saturated heterocycles. The summed E-state index contributed by atoms with van der Waals surface area (Å²) < 4.78 is 28.0. The zero-order chi connectivity index (χ0) is 18.8. The van der Waals surface area contributed by atoms with E-state index in [0.717, 1.165) is 11.0 Å². The first-order valence-electron chi connectivity index (χ1n) is 7.51. The predicted octanol–water partition coefficient (Wildman–Crippen LogP) is 2.51. The van der Waals surface area contributed by atoms with Gasteiger partial charge in [-0.15, -0.1) is 0 Å². The first-order chi connectivity index (χ1) is 12.4. The van der Waals surface area contributed by atoms with Gasteiger partial charge in [-0.1, -0.05) is 23.7 Å². The Hall–Kier alpha value is -3.00. The van der Waals surface area contributed by atoms with Crippen LogP contribution in [0.3, 0.4) is 0 Å². The van der Waals surface area contributed by atoms with Gasteiger partial charge in [-0.3, -0.25) is 20.4 Å². The molecule has 0 aliphatic rings. The van der Waals surface area contributed by atoms with Gasteiger partial charge in [0.2, 0.25) is 5.91 Å². The standard InChI is InChI=1S/C17H13ClF2N4O2/c1-24-14-5-3-2-4-13(14)21-15(24)8-16(25)22-23-17(26)9-6-11(19)12(20)7-10(9)18/h2-7H,8H2,1H3,(H,22,25)(H,23,26). The van der Waals surface area contributed by atoms with E-state index < -0.39 is 23.4 Å². The number of carbonyl (C=O) groups is 2. The molecule has 6 nitrogen and oxygen atoms in total. The third kappa shape index (κ3) is 3.50. The number of para-hydroxylation sites is 2. The Kier molecular flexibility index (Phi) is 4.85. The highest BCUT2D eigenvalue weighted by atomic mass is 35.5. The van der Waals surface area contributed by atoms with Crippen LogP contribution in [-0.4, -0.2) is 21.4 Å². The summed E-state index contributed by atoms with van der Waals surface area (Å²) >= 11 is 5.71. The lowest BCUT2D eigenvalue weighted by Crippen LogP contribution is -2.42. The monoisotopic (exact) mass is 378 g/mol. The molecule has 26 heavy (non-hydrogen) atoms. The molecule has 3 rings (SSSR count). The van der Waals surface area contributed by atoms with Crippen molar-refractivity contribution in [3.8, 4) is 0 Å². The molecule has 1 aromatic heterocycles. The minimum atomic E-state index is -1.22. The number of amides is 2. The summed E-state index contributed by atoms with van der Waals surface area (Å²) in [5.74, 6) is -3.28. The molecule has 0 radical (unpaired) electrons. The van der Waals surface area contributed by atoms with Crippen LogP contribution in [0, 0.1) is 11.6 Å². The molecule has 1 heterocycles. The van der Waals surface area contributed by atoms with Crippen LogP contribution in [0.15, 0.2) is 36.4 Å². The maximum Gasteiger partial charge on any atom is 0.271 e. The smallest absolute Gasteiger partial charge is 0.271 e. The number of hydrogen-bond acceptors (Lipinski definition) is 3. The number of halogens is 3. The Bertz CT molecular complexity index is 1020. The average molecular weight is 379 g/mol. The van der Waals surface area contributed by atoms with Gasteiger partial charge in [0.1, 0.15) is 5.82 Å². The van der Waals surface area contributed by atoms with Gasteiger partial charge in [-0.05, 0) is 24.3 Å². The van der Waals surface area contributed by atoms with E-state index in [1.165, 1.54) is 0 Å². The minimum absolute atomic E-state index is 0.0863. The highest BCUT2D eigenvalue weighted by Gasteiger charge is 2.16. The first-order valence-corrected chi connectivity index (χ1v) is 7.88. The highest BCUT2D eigenvalue weighted by molar-refractivity contribution is 6.33. The van der Waals surface area contributed by atoms with Gasteiger partial charge in [-0.2, -0.15) is 0 Å². The Balaban J connectivity index is 1.66. The number of nitrogens with one attached hydrogen (secondary N) is 2. The first kappa shape index (κ1) is 17.8.